The summed E-state index contributed by atoms with van der Waals surface area (Å²) in [6, 6.07) is 12.2. The van der Waals surface area contributed by atoms with Crippen molar-refractivity contribution in [3.05, 3.63) is 63.2 Å². The molecule has 0 radical (unpaired) electrons. The maximum absolute atomic E-state index is 12.3. The van der Waals surface area contributed by atoms with Crippen LogP contribution in [0.3, 0.4) is 0 Å². The van der Waals surface area contributed by atoms with Gasteiger partial charge in [0.1, 0.15) is 0 Å². The van der Waals surface area contributed by atoms with E-state index in [1.54, 1.807) is 12.1 Å². The molecule has 2 N–H and O–H groups in total. The highest BCUT2D eigenvalue weighted by Crippen LogP contribution is 2.26. The molecule has 0 unspecified atom stereocenters. The van der Waals surface area contributed by atoms with Gasteiger partial charge < -0.3 is 4.98 Å². The van der Waals surface area contributed by atoms with E-state index in [9.17, 15) is 8.42 Å². The Morgan fingerprint density at radius 2 is 1.88 bits per heavy atom. The van der Waals surface area contributed by atoms with Crippen molar-refractivity contribution in [2.24, 2.45) is 0 Å². The fraction of sp³-hybridized carbons (Fsp3) is 0.176. The van der Waals surface area contributed by atoms with E-state index >= 15 is 0 Å². The molecule has 3 aromatic rings. The van der Waals surface area contributed by atoms with Gasteiger partial charge in [0.15, 0.2) is 0 Å². The molecule has 24 heavy (non-hydrogen) atoms. The molecule has 0 spiro atoms. The van der Waals surface area contributed by atoms with Crippen LogP contribution in [-0.4, -0.2) is 19.9 Å². The van der Waals surface area contributed by atoms with E-state index in [-0.39, 0.29) is 4.90 Å². The van der Waals surface area contributed by atoms with Crippen molar-refractivity contribution in [3.8, 4) is 0 Å². The summed E-state index contributed by atoms with van der Waals surface area (Å²) in [4.78, 5) is 3.54. The molecule has 3 rings (SSSR count). The predicted molar refractivity (Wildman–Crippen MR) is 101 cm³/mol. The zero-order valence-electron chi connectivity index (χ0n) is 12.9. The molecule has 0 fully saturated rings. The monoisotopic (exact) mass is 426 g/mol. The number of aromatic nitrogens is 1. The van der Waals surface area contributed by atoms with Crippen LogP contribution in [0.25, 0.3) is 10.9 Å². The SMILES string of the molecule is Cc1[nH]c2ccc(Br)cc2c1CCNS(=O)(=O)c1ccc(Cl)cc1. The number of hydrogen-bond donors (Lipinski definition) is 2. The number of H-pyrrole nitrogens is 1. The number of rotatable bonds is 5. The molecule has 0 aliphatic heterocycles. The van der Waals surface area contributed by atoms with Gasteiger partial charge in [0.25, 0.3) is 0 Å². The minimum absolute atomic E-state index is 0.213. The quantitative estimate of drug-likeness (QED) is 0.633. The third-order valence-corrected chi connectivity index (χ3v) is 6.09. The van der Waals surface area contributed by atoms with E-state index in [1.807, 2.05) is 25.1 Å². The standard InChI is InChI=1S/C17H16BrClN2O2S/c1-11-15(16-10-12(18)2-7-17(16)21-11)8-9-20-24(22,23)14-5-3-13(19)4-6-14/h2-7,10,20-21H,8-9H2,1H3. The Balaban J connectivity index is 1.76. The first kappa shape index (κ1) is 17.5. The summed E-state index contributed by atoms with van der Waals surface area (Å²) >= 11 is 9.27. The van der Waals surface area contributed by atoms with E-state index in [2.05, 4.69) is 25.6 Å². The lowest BCUT2D eigenvalue weighted by atomic mass is 10.1. The fourth-order valence-corrected chi connectivity index (χ4v) is 4.20. The van der Waals surface area contributed by atoms with Crippen LogP contribution < -0.4 is 4.72 Å². The number of aryl methyl sites for hydroxylation is 1. The lowest BCUT2D eigenvalue weighted by molar-refractivity contribution is 0.581. The minimum atomic E-state index is -3.53. The maximum atomic E-state index is 12.3. The fourth-order valence-electron chi connectivity index (χ4n) is 2.68. The van der Waals surface area contributed by atoms with Crippen LogP contribution in [0.15, 0.2) is 51.8 Å². The van der Waals surface area contributed by atoms with Gasteiger partial charge in [-0.2, -0.15) is 0 Å². The number of benzene rings is 2. The molecule has 0 aliphatic carbocycles. The van der Waals surface area contributed by atoms with Crippen LogP contribution in [0.1, 0.15) is 11.3 Å². The summed E-state index contributed by atoms with van der Waals surface area (Å²) in [5.41, 5.74) is 3.21. The molecule has 0 bridgehead atoms. The Kier molecular flexibility index (Phi) is 5.01. The van der Waals surface area contributed by atoms with Gasteiger partial charge in [0, 0.05) is 32.6 Å². The molecular weight excluding hydrogens is 412 g/mol. The number of sulfonamides is 1. The Bertz CT molecular complexity index is 982. The molecule has 0 saturated carbocycles. The number of nitrogens with one attached hydrogen (secondary N) is 2. The van der Waals surface area contributed by atoms with Crippen molar-refractivity contribution in [1.82, 2.24) is 9.71 Å². The molecule has 126 valence electrons. The average Bonchev–Trinajstić information content (AvgIpc) is 2.83. The van der Waals surface area contributed by atoms with Crippen LogP contribution in [-0.2, 0) is 16.4 Å². The van der Waals surface area contributed by atoms with E-state index in [0.717, 1.165) is 26.6 Å². The summed E-state index contributed by atoms with van der Waals surface area (Å²) in [6.07, 6.45) is 0.606. The summed E-state index contributed by atoms with van der Waals surface area (Å²) in [5, 5.41) is 1.61. The van der Waals surface area contributed by atoms with Crippen molar-refractivity contribution >= 4 is 48.5 Å². The molecule has 0 amide bonds. The molecule has 0 saturated heterocycles. The van der Waals surface area contributed by atoms with E-state index < -0.39 is 10.0 Å². The third kappa shape index (κ3) is 3.67. The van der Waals surface area contributed by atoms with Crippen molar-refractivity contribution in [2.45, 2.75) is 18.2 Å². The smallest absolute Gasteiger partial charge is 0.240 e. The minimum Gasteiger partial charge on any atom is -0.358 e. The van der Waals surface area contributed by atoms with Crippen LogP contribution in [0.2, 0.25) is 5.02 Å². The molecule has 4 nitrogen and oxygen atoms in total. The zero-order chi connectivity index (χ0) is 17.3. The second kappa shape index (κ2) is 6.88. The van der Waals surface area contributed by atoms with Gasteiger partial charge in [0.2, 0.25) is 10.0 Å². The number of aromatic amines is 1. The lowest BCUT2D eigenvalue weighted by Crippen LogP contribution is -2.26. The highest BCUT2D eigenvalue weighted by molar-refractivity contribution is 9.10. The predicted octanol–water partition coefficient (Wildman–Crippen LogP) is 4.41. The molecule has 0 aliphatic rings. The second-order valence-corrected chi connectivity index (χ2v) is 8.64. The van der Waals surface area contributed by atoms with Crippen molar-refractivity contribution in [1.29, 1.82) is 0 Å². The number of hydrogen-bond acceptors (Lipinski definition) is 2. The van der Waals surface area contributed by atoms with Crippen LogP contribution in [0.5, 0.6) is 0 Å². The molecular formula is C17H16BrClN2O2S. The first-order chi connectivity index (χ1) is 11.4. The van der Waals surface area contributed by atoms with Gasteiger partial charge in [-0.3, -0.25) is 0 Å². The largest absolute Gasteiger partial charge is 0.358 e. The maximum Gasteiger partial charge on any atom is 0.240 e. The first-order valence-corrected chi connectivity index (χ1v) is 10.0. The Morgan fingerprint density at radius 1 is 1.17 bits per heavy atom. The normalized spacial score (nSPS) is 12.0. The van der Waals surface area contributed by atoms with Gasteiger partial charge in [0.05, 0.1) is 4.90 Å². The molecule has 7 heteroatoms. The van der Waals surface area contributed by atoms with E-state index in [0.29, 0.717) is 18.0 Å². The molecule has 2 aromatic carbocycles. The van der Waals surface area contributed by atoms with Gasteiger partial charge in [-0.05, 0) is 61.4 Å². The van der Waals surface area contributed by atoms with Crippen LogP contribution in [0.4, 0.5) is 0 Å². The highest BCUT2D eigenvalue weighted by Gasteiger charge is 2.14. The van der Waals surface area contributed by atoms with Crippen LogP contribution in [0, 0.1) is 6.92 Å². The molecule has 1 heterocycles. The Labute approximate surface area is 154 Å². The van der Waals surface area contributed by atoms with Crippen molar-refractivity contribution < 1.29 is 8.42 Å². The topological polar surface area (TPSA) is 62.0 Å². The lowest BCUT2D eigenvalue weighted by Gasteiger charge is -2.07. The zero-order valence-corrected chi connectivity index (χ0v) is 16.1. The molecule has 0 atom stereocenters. The van der Waals surface area contributed by atoms with Crippen LogP contribution >= 0.6 is 27.5 Å². The highest BCUT2D eigenvalue weighted by atomic mass is 79.9. The summed E-state index contributed by atoms with van der Waals surface area (Å²) in [7, 11) is -3.53. The first-order valence-electron chi connectivity index (χ1n) is 7.39. The van der Waals surface area contributed by atoms with E-state index in [1.165, 1.54) is 12.1 Å². The summed E-state index contributed by atoms with van der Waals surface area (Å²) < 4.78 is 28.3. The summed E-state index contributed by atoms with van der Waals surface area (Å²) in [5.74, 6) is 0. The van der Waals surface area contributed by atoms with Gasteiger partial charge in [-0.1, -0.05) is 27.5 Å². The summed E-state index contributed by atoms with van der Waals surface area (Å²) in [6.45, 7) is 2.32. The molecule has 1 aromatic heterocycles. The number of halogens is 2. The average molecular weight is 428 g/mol. The Morgan fingerprint density at radius 3 is 2.58 bits per heavy atom. The van der Waals surface area contributed by atoms with Gasteiger partial charge in [-0.15, -0.1) is 0 Å². The second-order valence-electron chi connectivity index (χ2n) is 5.52. The van der Waals surface area contributed by atoms with E-state index in [4.69, 9.17) is 11.6 Å². The van der Waals surface area contributed by atoms with Gasteiger partial charge in [-0.25, -0.2) is 13.1 Å². The Hall–Kier alpha value is -1.34. The van der Waals surface area contributed by atoms with Crippen molar-refractivity contribution in [2.75, 3.05) is 6.54 Å². The van der Waals surface area contributed by atoms with Gasteiger partial charge >= 0.3 is 0 Å². The third-order valence-electron chi connectivity index (χ3n) is 3.87. The number of fused-ring (bicyclic) bond motifs is 1. The van der Waals surface area contributed by atoms with Crippen molar-refractivity contribution in [3.63, 3.8) is 0 Å².